The molecule has 0 bridgehead atoms. The maximum atomic E-state index is 11.2. The van der Waals surface area contributed by atoms with Crippen molar-refractivity contribution in [3.8, 4) is 0 Å². The van der Waals surface area contributed by atoms with Gasteiger partial charge in [-0.05, 0) is 33.6 Å². The van der Waals surface area contributed by atoms with Gasteiger partial charge in [0.25, 0.3) is 0 Å². The molecule has 0 aromatic heterocycles. The highest BCUT2D eigenvalue weighted by molar-refractivity contribution is 5.76. The summed E-state index contributed by atoms with van der Waals surface area (Å²) in [6.45, 7) is 10.0. The first kappa shape index (κ1) is 13.0. The molecule has 1 N–H and O–H groups in total. The monoisotopic (exact) mass is 199 g/mol. The Balaban J connectivity index is 3.27. The first-order valence-electron chi connectivity index (χ1n) is 5.10. The topological polar surface area (TPSA) is 38.3 Å². The van der Waals surface area contributed by atoms with E-state index >= 15 is 0 Å². The Kier molecular flexibility index (Phi) is 6.89. The van der Waals surface area contributed by atoms with Crippen LogP contribution < -0.4 is 5.32 Å². The summed E-state index contributed by atoms with van der Waals surface area (Å²) in [7, 11) is 0. The maximum Gasteiger partial charge on any atom is 0.220 e. The number of hydrogen-bond acceptors (Lipinski definition) is 2. The van der Waals surface area contributed by atoms with Crippen LogP contribution in [0.25, 0.3) is 0 Å². The number of ether oxygens (including phenoxy) is 1. The molecule has 0 aromatic rings. The number of unbranched alkanes of at least 4 members (excludes halogenated alkanes) is 1. The summed E-state index contributed by atoms with van der Waals surface area (Å²) in [4.78, 5) is 11.2. The number of carbonyl (C=O) groups excluding carboxylic acids is 1. The van der Waals surface area contributed by atoms with E-state index in [-0.39, 0.29) is 11.9 Å². The van der Waals surface area contributed by atoms with E-state index in [1.54, 1.807) is 0 Å². The molecule has 0 rings (SSSR count). The number of nitrogens with one attached hydrogen (secondary N) is 1. The Morgan fingerprint density at radius 3 is 2.57 bits per heavy atom. The molecule has 0 aromatic carbocycles. The van der Waals surface area contributed by atoms with Gasteiger partial charge in [0.1, 0.15) is 0 Å². The molecule has 0 saturated heterocycles. The van der Waals surface area contributed by atoms with Crippen LogP contribution in [0.15, 0.2) is 12.3 Å². The van der Waals surface area contributed by atoms with E-state index in [0.717, 1.165) is 18.6 Å². The van der Waals surface area contributed by atoms with Crippen LogP contribution in [0.5, 0.6) is 0 Å². The molecule has 1 amide bonds. The first-order valence-corrected chi connectivity index (χ1v) is 5.10. The summed E-state index contributed by atoms with van der Waals surface area (Å²) in [5.74, 6) is 0.854. The lowest BCUT2D eigenvalue weighted by Crippen LogP contribution is -2.29. The molecule has 82 valence electrons. The van der Waals surface area contributed by atoms with Crippen LogP contribution in [-0.2, 0) is 9.53 Å². The summed E-state index contributed by atoms with van der Waals surface area (Å²) in [6.07, 6.45) is 2.35. The van der Waals surface area contributed by atoms with Crippen molar-refractivity contribution in [1.29, 1.82) is 0 Å². The molecule has 14 heavy (non-hydrogen) atoms. The van der Waals surface area contributed by atoms with Gasteiger partial charge in [-0.15, -0.1) is 0 Å². The molecule has 0 radical (unpaired) electrons. The lowest BCUT2D eigenvalue weighted by Gasteiger charge is -2.08. The van der Waals surface area contributed by atoms with Gasteiger partial charge in [0, 0.05) is 12.5 Å². The molecule has 3 heteroatoms. The zero-order valence-electron chi connectivity index (χ0n) is 9.43. The fraction of sp³-hybridized carbons (Fsp3) is 0.727. The smallest absolute Gasteiger partial charge is 0.220 e. The summed E-state index contributed by atoms with van der Waals surface area (Å²) in [6, 6.07) is 0.231. The molecule has 0 heterocycles. The molecule has 0 aliphatic rings. The lowest BCUT2D eigenvalue weighted by molar-refractivity contribution is -0.121. The van der Waals surface area contributed by atoms with E-state index in [1.165, 1.54) is 0 Å². The fourth-order valence-electron chi connectivity index (χ4n) is 1.03. The average Bonchev–Trinajstić information content (AvgIpc) is 2.01. The molecule has 0 unspecified atom stereocenters. The summed E-state index contributed by atoms with van der Waals surface area (Å²) in [5.41, 5.74) is 0. The standard InChI is InChI=1S/C11H21NO2/c1-9(2)12-11(13)7-5-6-8-14-10(3)4/h9H,3,5-8H2,1-2,4H3,(H,12,13). The first-order chi connectivity index (χ1) is 6.52. The van der Waals surface area contributed by atoms with Crippen molar-refractivity contribution in [1.82, 2.24) is 5.32 Å². The second-order valence-electron chi connectivity index (χ2n) is 3.73. The van der Waals surface area contributed by atoms with Crippen molar-refractivity contribution < 1.29 is 9.53 Å². The van der Waals surface area contributed by atoms with Crippen LogP contribution in [0.2, 0.25) is 0 Å². The fourth-order valence-corrected chi connectivity index (χ4v) is 1.03. The van der Waals surface area contributed by atoms with Gasteiger partial charge in [-0.25, -0.2) is 0 Å². The molecule has 3 nitrogen and oxygen atoms in total. The van der Waals surface area contributed by atoms with Gasteiger partial charge in [0.05, 0.1) is 12.4 Å². The predicted octanol–water partition coefficient (Wildman–Crippen LogP) is 2.23. The van der Waals surface area contributed by atoms with Gasteiger partial charge in [0.15, 0.2) is 0 Å². The maximum absolute atomic E-state index is 11.2. The Bertz CT molecular complexity index is 188. The molecule has 0 atom stereocenters. The Labute approximate surface area is 86.5 Å². The largest absolute Gasteiger partial charge is 0.499 e. The third kappa shape index (κ3) is 9.10. The van der Waals surface area contributed by atoms with Gasteiger partial charge in [-0.3, -0.25) is 4.79 Å². The Morgan fingerprint density at radius 1 is 1.43 bits per heavy atom. The van der Waals surface area contributed by atoms with E-state index in [9.17, 15) is 4.79 Å². The van der Waals surface area contributed by atoms with Gasteiger partial charge in [-0.2, -0.15) is 0 Å². The molecule has 0 saturated carbocycles. The average molecular weight is 199 g/mol. The summed E-state index contributed by atoms with van der Waals surface area (Å²) >= 11 is 0. The Morgan fingerprint density at radius 2 is 2.07 bits per heavy atom. The van der Waals surface area contributed by atoms with Crippen molar-refractivity contribution in [3.05, 3.63) is 12.3 Å². The van der Waals surface area contributed by atoms with E-state index in [1.807, 2.05) is 20.8 Å². The van der Waals surface area contributed by atoms with Crippen LogP contribution in [-0.4, -0.2) is 18.6 Å². The Hall–Kier alpha value is -0.990. The van der Waals surface area contributed by atoms with Crippen LogP contribution >= 0.6 is 0 Å². The van der Waals surface area contributed by atoms with Gasteiger partial charge < -0.3 is 10.1 Å². The molecule has 0 spiro atoms. The van der Waals surface area contributed by atoms with Crippen LogP contribution in [0.1, 0.15) is 40.0 Å². The minimum absolute atomic E-state index is 0.121. The van der Waals surface area contributed by atoms with E-state index in [4.69, 9.17) is 4.74 Å². The quantitative estimate of drug-likeness (QED) is 0.504. The zero-order valence-corrected chi connectivity index (χ0v) is 9.43. The normalized spacial score (nSPS) is 10.0. The number of carbonyl (C=O) groups is 1. The minimum atomic E-state index is 0.121. The van der Waals surface area contributed by atoms with Crippen LogP contribution in [0.4, 0.5) is 0 Å². The van der Waals surface area contributed by atoms with E-state index < -0.39 is 0 Å². The lowest BCUT2D eigenvalue weighted by atomic mass is 10.2. The molecule has 0 aliphatic heterocycles. The number of rotatable bonds is 7. The third-order valence-corrected chi connectivity index (χ3v) is 1.60. The number of amides is 1. The summed E-state index contributed by atoms with van der Waals surface area (Å²) < 4.78 is 5.18. The second kappa shape index (κ2) is 7.42. The number of allylic oxidation sites excluding steroid dienone is 1. The molecular formula is C11H21NO2. The minimum Gasteiger partial charge on any atom is -0.499 e. The van der Waals surface area contributed by atoms with Gasteiger partial charge in [0.2, 0.25) is 5.91 Å². The second-order valence-corrected chi connectivity index (χ2v) is 3.73. The highest BCUT2D eigenvalue weighted by Crippen LogP contribution is 1.99. The van der Waals surface area contributed by atoms with Gasteiger partial charge in [-0.1, -0.05) is 6.58 Å². The van der Waals surface area contributed by atoms with Crippen LogP contribution in [0.3, 0.4) is 0 Å². The third-order valence-electron chi connectivity index (χ3n) is 1.60. The van der Waals surface area contributed by atoms with Crippen molar-refractivity contribution in [3.63, 3.8) is 0 Å². The van der Waals surface area contributed by atoms with Crippen molar-refractivity contribution in [2.24, 2.45) is 0 Å². The summed E-state index contributed by atoms with van der Waals surface area (Å²) in [5, 5.41) is 2.85. The van der Waals surface area contributed by atoms with Crippen molar-refractivity contribution >= 4 is 5.91 Å². The predicted molar refractivity (Wildman–Crippen MR) is 57.9 cm³/mol. The molecular weight excluding hydrogens is 178 g/mol. The number of hydrogen-bond donors (Lipinski definition) is 1. The zero-order chi connectivity index (χ0) is 11.0. The highest BCUT2D eigenvalue weighted by Gasteiger charge is 2.02. The van der Waals surface area contributed by atoms with E-state index in [0.29, 0.717) is 13.0 Å². The van der Waals surface area contributed by atoms with Gasteiger partial charge >= 0.3 is 0 Å². The van der Waals surface area contributed by atoms with Crippen molar-refractivity contribution in [2.75, 3.05) is 6.61 Å². The van der Waals surface area contributed by atoms with Crippen molar-refractivity contribution in [2.45, 2.75) is 46.1 Å². The SMILES string of the molecule is C=C(C)OCCCCC(=O)NC(C)C. The van der Waals surface area contributed by atoms with Crippen LogP contribution in [0, 0.1) is 0 Å². The molecule has 0 aliphatic carbocycles. The highest BCUT2D eigenvalue weighted by atomic mass is 16.5. The molecule has 0 fully saturated rings. The van der Waals surface area contributed by atoms with E-state index in [2.05, 4.69) is 11.9 Å².